The Morgan fingerprint density at radius 1 is 1.35 bits per heavy atom. The van der Waals surface area contributed by atoms with Crippen molar-refractivity contribution in [3.8, 4) is 5.88 Å². The molecule has 3 atom stereocenters. The van der Waals surface area contributed by atoms with E-state index in [4.69, 9.17) is 4.74 Å². The third kappa shape index (κ3) is 3.31. The number of piperidine rings is 1. The number of aromatic nitrogens is 2. The van der Waals surface area contributed by atoms with Crippen LogP contribution >= 0.6 is 0 Å². The molecule has 0 unspecified atom stereocenters. The number of rotatable bonds is 3. The SMILES string of the molecule is CC(C)(C)[C@@]12C[C@@H]1C[C@@H](COc1cnc(C(F)(F)F)cn1)N(C(=O)O)C2. The third-order valence-corrected chi connectivity index (χ3v) is 5.76. The van der Waals surface area contributed by atoms with Crippen LogP contribution in [0.25, 0.3) is 0 Å². The van der Waals surface area contributed by atoms with Crippen LogP contribution in [0.5, 0.6) is 5.88 Å². The van der Waals surface area contributed by atoms with Gasteiger partial charge in [0.1, 0.15) is 6.61 Å². The Bertz CT molecular complexity index is 687. The van der Waals surface area contributed by atoms with Gasteiger partial charge >= 0.3 is 12.3 Å². The molecule has 1 aromatic rings. The minimum absolute atomic E-state index is 0.00392. The summed E-state index contributed by atoms with van der Waals surface area (Å²) in [7, 11) is 0. The van der Waals surface area contributed by atoms with Crippen LogP contribution in [0.2, 0.25) is 0 Å². The largest absolute Gasteiger partial charge is 0.474 e. The fourth-order valence-electron chi connectivity index (χ4n) is 4.03. The fraction of sp³-hybridized carbons (Fsp3) is 0.706. The lowest BCUT2D eigenvalue weighted by Crippen LogP contribution is -2.52. The van der Waals surface area contributed by atoms with Crippen molar-refractivity contribution in [3.63, 3.8) is 0 Å². The molecular formula is C17H22F3N3O3. The van der Waals surface area contributed by atoms with Gasteiger partial charge in [0, 0.05) is 6.54 Å². The van der Waals surface area contributed by atoms with E-state index in [0.717, 1.165) is 12.6 Å². The number of hydrogen-bond donors (Lipinski definition) is 1. The fourth-order valence-corrected chi connectivity index (χ4v) is 4.03. The van der Waals surface area contributed by atoms with Crippen LogP contribution < -0.4 is 4.74 Å². The van der Waals surface area contributed by atoms with E-state index >= 15 is 0 Å². The standard InChI is InChI=1S/C17H22F3N3O3/c1-15(2,3)16-5-10(16)4-11(23(9-16)14(24)25)8-26-13-7-21-12(6-22-13)17(18,19)20/h6-7,10-11H,4-5,8-9H2,1-3H3,(H,24,25)/t10-,11-,16+/m0/s1. The van der Waals surface area contributed by atoms with Crippen molar-refractivity contribution in [3.05, 3.63) is 18.1 Å². The predicted molar refractivity (Wildman–Crippen MR) is 85.7 cm³/mol. The van der Waals surface area contributed by atoms with E-state index in [0.29, 0.717) is 25.1 Å². The minimum atomic E-state index is -4.56. The van der Waals surface area contributed by atoms with E-state index in [-0.39, 0.29) is 29.4 Å². The average Bonchev–Trinajstić information content (AvgIpc) is 3.26. The average molecular weight is 373 g/mol. The van der Waals surface area contributed by atoms with Crippen LogP contribution in [-0.4, -0.2) is 45.3 Å². The number of likely N-dealkylation sites (tertiary alicyclic amines) is 1. The highest BCUT2D eigenvalue weighted by atomic mass is 19.4. The molecule has 0 spiro atoms. The number of carboxylic acid groups (broad SMARTS) is 1. The Labute approximate surface area is 149 Å². The zero-order valence-corrected chi connectivity index (χ0v) is 14.9. The van der Waals surface area contributed by atoms with E-state index < -0.39 is 18.0 Å². The molecule has 1 saturated heterocycles. The van der Waals surface area contributed by atoms with E-state index in [1.54, 1.807) is 0 Å². The van der Waals surface area contributed by atoms with E-state index in [9.17, 15) is 23.1 Å². The van der Waals surface area contributed by atoms with Crippen LogP contribution in [0.15, 0.2) is 12.4 Å². The second-order valence-electron chi connectivity index (χ2n) is 8.16. The smallest absolute Gasteiger partial charge is 0.434 e. The Balaban J connectivity index is 1.66. The zero-order valence-electron chi connectivity index (χ0n) is 14.9. The Morgan fingerprint density at radius 2 is 2.04 bits per heavy atom. The van der Waals surface area contributed by atoms with Gasteiger partial charge in [-0.25, -0.2) is 14.8 Å². The zero-order chi connectivity index (χ0) is 19.3. The lowest BCUT2D eigenvalue weighted by Gasteiger charge is -2.43. The highest BCUT2D eigenvalue weighted by Gasteiger charge is 2.65. The molecule has 9 heteroatoms. The van der Waals surface area contributed by atoms with Gasteiger partial charge in [-0.2, -0.15) is 13.2 Å². The molecule has 0 aromatic carbocycles. The predicted octanol–water partition coefficient (Wildman–Crippen LogP) is 3.68. The molecule has 3 rings (SSSR count). The third-order valence-electron chi connectivity index (χ3n) is 5.76. The van der Waals surface area contributed by atoms with Gasteiger partial charge < -0.3 is 14.7 Å². The van der Waals surface area contributed by atoms with Crippen molar-refractivity contribution in [1.82, 2.24) is 14.9 Å². The number of alkyl halides is 3. The molecule has 2 fully saturated rings. The lowest BCUT2D eigenvalue weighted by atomic mass is 9.73. The monoisotopic (exact) mass is 373 g/mol. The van der Waals surface area contributed by atoms with Crippen LogP contribution in [-0.2, 0) is 6.18 Å². The van der Waals surface area contributed by atoms with Crippen LogP contribution in [0.1, 0.15) is 39.3 Å². The van der Waals surface area contributed by atoms with Crippen molar-refractivity contribution in [2.45, 2.75) is 45.8 Å². The van der Waals surface area contributed by atoms with E-state index in [1.807, 2.05) is 0 Å². The first-order valence-electron chi connectivity index (χ1n) is 8.46. The molecule has 1 aliphatic carbocycles. The summed E-state index contributed by atoms with van der Waals surface area (Å²) in [5.74, 6) is 0.386. The van der Waals surface area contributed by atoms with Gasteiger partial charge in [-0.05, 0) is 29.6 Å². The molecule has 2 heterocycles. The second kappa shape index (κ2) is 5.99. The molecule has 6 nitrogen and oxygen atoms in total. The minimum Gasteiger partial charge on any atom is -0.474 e. The van der Waals surface area contributed by atoms with Gasteiger partial charge in [-0.15, -0.1) is 0 Å². The number of hydrogen-bond acceptors (Lipinski definition) is 4. The molecule has 144 valence electrons. The summed E-state index contributed by atoms with van der Waals surface area (Å²) < 4.78 is 42.9. The van der Waals surface area contributed by atoms with Crippen molar-refractivity contribution < 1.29 is 27.8 Å². The number of amides is 1. The van der Waals surface area contributed by atoms with Gasteiger partial charge in [-0.3, -0.25) is 0 Å². The molecule has 1 aliphatic heterocycles. The van der Waals surface area contributed by atoms with Gasteiger partial charge in [0.2, 0.25) is 5.88 Å². The number of ether oxygens (including phenoxy) is 1. The first kappa shape index (κ1) is 18.7. The molecule has 1 aromatic heterocycles. The first-order chi connectivity index (χ1) is 11.9. The number of fused-ring (bicyclic) bond motifs is 1. The van der Waals surface area contributed by atoms with Crippen molar-refractivity contribution in [1.29, 1.82) is 0 Å². The summed E-state index contributed by atoms with van der Waals surface area (Å²) in [5, 5.41) is 9.57. The normalized spacial score (nSPS) is 28.5. The summed E-state index contributed by atoms with van der Waals surface area (Å²) in [6.07, 6.45) is -2.39. The molecule has 1 saturated carbocycles. The summed E-state index contributed by atoms with van der Waals surface area (Å²) in [6, 6.07) is -0.348. The molecule has 26 heavy (non-hydrogen) atoms. The van der Waals surface area contributed by atoms with Gasteiger partial charge in [0.15, 0.2) is 5.69 Å². The number of nitrogens with zero attached hydrogens (tertiary/aromatic N) is 3. The Morgan fingerprint density at radius 3 is 2.54 bits per heavy atom. The van der Waals surface area contributed by atoms with Crippen LogP contribution in [0.3, 0.4) is 0 Å². The van der Waals surface area contributed by atoms with Crippen LogP contribution in [0.4, 0.5) is 18.0 Å². The highest BCUT2D eigenvalue weighted by Crippen LogP contribution is 2.67. The van der Waals surface area contributed by atoms with Gasteiger partial charge in [0.25, 0.3) is 0 Å². The Hall–Kier alpha value is -2.06. The molecule has 1 amide bonds. The Kier molecular flexibility index (Phi) is 4.31. The number of carbonyl (C=O) groups is 1. The van der Waals surface area contributed by atoms with Crippen molar-refractivity contribution in [2.24, 2.45) is 16.7 Å². The maximum absolute atomic E-state index is 12.5. The summed E-state index contributed by atoms with van der Waals surface area (Å²) in [4.78, 5) is 20.0. The van der Waals surface area contributed by atoms with Crippen LogP contribution in [0, 0.1) is 16.7 Å². The van der Waals surface area contributed by atoms with Crippen molar-refractivity contribution in [2.75, 3.05) is 13.2 Å². The summed E-state index contributed by atoms with van der Waals surface area (Å²) in [5.41, 5.74) is -1.09. The van der Waals surface area contributed by atoms with Crippen molar-refractivity contribution >= 4 is 6.09 Å². The molecule has 0 bridgehead atoms. The molecule has 2 aliphatic rings. The number of halogens is 3. The first-order valence-corrected chi connectivity index (χ1v) is 8.46. The summed E-state index contributed by atoms with van der Waals surface area (Å²) >= 11 is 0. The topological polar surface area (TPSA) is 75.6 Å². The van der Waals surface area contributed by atoms with E-state index in [1.165, 1.54) is 4.90 Å². The second-order valence-corrected chi connectivity index (χ2v) is 8.16. The van der Waals surface area contributed by atoms with E-state index in [2.05, 4.69) is 30.7 Å². The maximum atomic E-state index is 12.5. The maximum Gasteiger partial charge on any atom is 0.434 e. The molecule has 0 radical (unpaired) electrons. The molecule has 1 N–H and O–H groups in total. The van der Waals surface area contributed by atoms with Gasteiger partial charge in [0.05, 0.1) is 18.4 Å². The lowest BCUT2D eigenvalue weighted by molar-refractivity contribution is -0.141. The quantitative estimate of drug-likeness (QED) is 0.875. The highest BCUT2D eigenvalue weighted by molar-refractivity contribution is 5.66. The molecular weight excluding hydrogens is 351 g/mol. The van der Waals surface area contributed by atoms with Gasteiger partial charge in [-0.1, -0.05) is 20.8 Å². The summed E-state index contributed by atoms with van der Waals surface area (Å²) in [6.45, 7) is 6.87.